The third-order valence-electron chi connectivity index (χ3n) is 4.11. The van der Waals surface area contributed by atoms with Gasteiger partial charge in [0, 0.05) is 52.5 Å². The van der Waals surface area contributed by atoms with Crippen molar-refractivity contribution in [3.63, 3.8) is 0 Å². The van der Waals surface area contributed by atoms with Crippen LogP contribution >= 0.6 is 22.7 Å². The number of aromatic nitrogens is 5. The first kappa shape index (κ1) is 16.8. The van der Waals surface area contributed by atoms with Crippen LogP contribution in [0.3, 0.4) is 0 Å². The molecule has 0 aliphatic carbocycles. The standard InChI is InChI=1S/C20H14N6S2/c1-2-14(10-21-7-1)17-11-27-19(24-17)18-12-28-20(25-18)23-15-3-5-16(6-4-15)26-9-8-22-13-26/h1-13H,(H,23,25). The molecule has 5 rings (SSSR count). The summed E-state index contributed by atoms with van der Waals surface area (Å²) in [6.07, 6.45) is 9.05. The van der Waals surface area contributed by atoms with Crippen molar-refractivity contribution in [2.24, 2.45) is 0 Å². The van der Waals surface area contributed by atoms with E-state index < -0.39 is 0 Å². The van der Waals surface area contributed by atoms with Crippen LogP contribution in [0.1, 0.15) is 0 Å². The van der Waals surface area contributed by atoms with E-state index in [0.717, 1.165) is 38.5 Å². The Morgan fingerprint density at radius 3 is 2.54 bits per heavy atom. The van der Waals surface area contributed by atoms with Crippen LogP contribution < -0.4 is 5.32 Å². The van der Waals surface area contributed by atoms with Crippen molar-refractivity contribution in [1.82, 2.24) is 24.5 Å². The number of nitrogens with one attached hydrogen (secondary N) is 1. The SMILES string of the molecule is c1cncc(-c2csc(-c3csc(Nc4ccc(-n5ccnc5)cc4)n3)n2)c1. The number of nitrogens with zero attached hydrogens (tertiary/aromatic N) is 5. The summed E-state index contributed by atoms with van der Waals surface area (Å²) in [6, 6.07) is 12.1. The number of rotatable bonds is 5. The van der Waals surface area contributed by atoms with Gasteiger partial charge in [-0.05, 0) is 36.4 Å². The maximum atomic E-state index is 4.70. The van der Waals surface area contributed by atoms with Crippen molar-refractivity contribution in [1.29, 1.82) is 0 Å². The smallest absolute Gasteiger partial charge is 0.187 e. The summed E-state index contributed by atoms with van der Waals surface area (Å²) in [4.78, 5) is 17.6. The second-order valence-corrected chi connectivity index (χ2v) is 7.68. The van der Waals surface area contributed by atoms with Gasteiger partial charge >= 0.3 is 0 Å². The van der Waals surface area contributed by atoms with Crippen LogP contribution in [0.25, 0.3) is 27.6 Å². The van der Waals surface area contributed by atoms with Gasteiger partial charge in [-0.15, -0.1) is 22.7 Å². The molecule has 0 aliphatic rings. The first-order valence-corrected chi connectivity index (χ1v) is 10.3. The predicted molar refractivity (Wildman–Crippen MR) is 113 cm³/mol. The highest BCUT2D eigenvalue weighted by molar-refractivity contribution is 7.15. The molecule has 136 valence electrons. The molecule has 0 fully saturated rings. The largest absolute Gasteiger partial charge is 0.332 e. The lowest BCUT2D eigenvalue weighted by atomic mass is 10.2. The molecule has 0 bridgehead atoms. The Labute approximate surface area is 169 Å². The van der Waals surface area contributed by atoms with Crippen LogP contribution in [0.15, 0.2) is 78.3 Å². The van der Waals surface area contributed by atoms with Gasteiger partial charge in [0.15, 0.2) is 5.13 Å². The zero-order chi connectivity index (χ0) is 18.8. The van der Waals surface area contributed by atoms with Crippen LogP contribution in [0.2, 0.25) is 0 Å². The summed E-state index contributed by atoms with van der Waals surface area (Å²) in [5, 5.41) is 9.15. The fraction of sp³-hybridized carbons (Fsp3) is 0. The van der Waals surface area contributed by atoms with E-state index in [2.05, 4.69) is 20.3 Å². The van der Waals surface area contributed by atoms with Crippen LogP contribution in [-0.4, -0.2) is 24.5 Å². The minimum absolute atomic E-state index is 0.837. The Morgan fingerprint density at radius 2 is 1.75 bits per heavy atom. The number of hydrogen-bond acceptors (Lipinski definition) is 7. The van der Waals surface area contributed by atoms with E-state index in [1.54, 1.807) is 41.4 Å². The quantitative estimate of drug-likeness (QED) is 0.434. The molecule has 0 atom stereocenters. The van der Waals surface area contributed by atoms with Gasteiger partial charge < -0.3 is 9.88 Å². The molecule has 1 N–H and O–H groups in total. The molecule has 28 heavy (non-hydrogen) atoms. The zero-order valence-corrected chi connectivity index (χ0v) is 16.2. The lowest BCUT2D eigenvalue weighted by Gasteiger charge is -2.05. The molecule has 6 nitrogen and oxygen atoms in total. The second-order valence-electron chi connectivity index (χ2n) is 5.96. The van der Waals surface area contributed by atoms with Crippen molar-refractivity contribution in [3.05, 3.63) is 78.3 Å². The van der Waals surface area contributed by atoms with Crippen molar-refractivity contribution in [2.75, 3.05) is 5.32 Å². The van der Waals surface area contributed by atoms with Gasteiger partial charge in [-0.1, -0.05) is 0 Å². The summed E-state index contributed by atoms with van der Waals surface area (Å²) in [7, 11) is 0. The van der Waals surface area contributed by atoms with Gasteiger partial charge in [0.05, 0.1) is 12.0 Å². The predicted octanol–water partition coefficient (Wildman–Crippen LogP) is 5.26. The summed E-state index contributed by atoms with van der Waals surface area (Å²) in [6.45, 7) is 0. The monoisotopic (exact) mass is 402 g/mol. The van der Waals surface area contributed by atoms with Gasteiger partial charge in [-0.25, -0.2) is 15.0 Å². The molecular formula is C20H14N6S2. The van der Waals surface area contributed by atoms with Crippen LogP contribution in [-0.2, 0) is 0 Å². The first-order valence-electron chi connectivity index (χ1n) is 8.52. The molecule has 5 aromatic rings. The Kier molecular flexibility index (Phi) is 4.40. The molecule has 0 saturated heterocycles. The van der Waals surface area contributed by atoms with E-state index >= 15 is 0 Å². The normalized spacial score (nSPS) is 10.9. The summed E-state index contributed by atoms with van der Waals surface area (Å²) in [5.41, 5.74) is 4.86. The van der Waals surface area contributed by atoms with E-state index in [4.69, 9.17) is 4.98 Å². The average Bonchev–Trinajstić information content (AvgIpc) is 3.50. The van der Waals surface area contributed by atoms with E-state index in [0.29, 0.717) is 0 Å². The highest BCUT2D eigenvalue weighted by atomic mass is 32.1. The van der Waals surface area contributed by atoms with E-state index in [9.17, 15) is 0 Å². The lowest BCUT2D eigenvalue weighted by Crippen LogP contribution is -1.92. The molecule has 0 unspecified atom stereocenters. The van der Waals surface area contributed by atoms with Crippen molar-refractivity contribution >= 4 is 33.5 Å². The summed E-state index contributed by atoms with van der Waals surface area (Å²) >= 11 is 3.15. The first-order chi connectivity index (χ1) is 13.8. The van der Waals surface area contributed by atoms with Crippen LogP contribution in [0.4, 0.5) is 10.8 Å². The molecule has 0 spiro atoms. The third-order valence-corrected chi connectivity index (χ3v) is 5.73. The number of anilines is 2. The molecule has 4 aromatic heterocycles. The van der Waals surface area contributed by atoms with Gasteiger partial charge in [0.1, 0.15) is 10.7 Å². The zero-order valence-electron chi connectivity index (χ0n) is 14.6. The molecular weight excluding hydrogens is 388 g/mol. The maximum absolute atomic E-state index is 4.70. The number of pyridine rings is 1. The van der Waals surface area contributed by atoms with Gasteiger partial charge in [0.25, 0.3) is 0 Å². The fourth-order valence-corrected chi connectivity index (χ4v) is 4.30. The molecule has 1 aromatic carbocycles. The van der Waals surface area contributed by atoms with Crippen molar-refractivity contribution in [3.8, 4) is 27.6 Å². The second kappa shape index (κ2) is 7.34. The van der Waals surface area contributed by atoms with E-state index in [-0.39, 0.29) is 0 Å². The van der Waals surface area contributed by atoms with Crippen molar-refractivity contribution in [2.45, 2.75) is 0 Å². The van der Waals surface area contributed by atoms with Gasteiger partial charge in [0.2, 0.25) is 0 Å². The van der Waals surface area contributed by atoms with Gasteiger partial charge in [-0.2, -0.15) is 0 Å². The Morgan fingerprint density at radius 1 is 0.857 bits per heavy atom. The third kappa shape index (κ3) is 3.42. The molecule has 0 aliphatic heterocycles. The average molecular weight is 403 g/mol. The lowest BCUT2D eigenvalue weighted by molar-refractivity contribution is 1.06. The highest BCUT2D eigenvalue weighted by Crippen LogP contribution is 2.31. The molecule has 4 heterocycles. The topological polar surface area (TPSA) is 68.5 Å². The minimum Gasteiger partial charge on any atom is -0.332 e. The van der Waals surface area contributed by atoms with Gasteiger partial charge in [-0.3, -0.25) is 4.98 Å². The van der Waals surface area contributed by atoms with Crippen molar-refractivity contribution < 1.29 is 0 Å². The number of benzene rings is 1. The molecule has 8 heteroatoms. The molecule has 0 amide bonds. The Hall–Kier alpha value is -3.36. The van der Waals surface area contributed by atoms with Crippen LogP contribution in [0, 0.1) is 0 Å². The Bertz CT molecular complexity index is 1180. The summed E-state index contributed by atoms with van der Waals surface area (Å²) in [5.74, 6) is 0. The number of imidazole rings is 1. The number of thiazole rings is 2. The van der Waals surface area contributed by atoms with E-state index in [1.807, 2.05) is 64.1 Å². The highest BCUT2D eigenvalue weighted by Gasteiger charge is 2.11. The number of hydrogen-bond donors (Lipinski definition) is 1. The molecule has 0 radical (unpaired) electrons. The summed E-state index contributed by atoms with van der Waals surface area (Å²) < 4.78 is 1.97. The van der Waals surface area contributed by atoms with E-state index in [1.165, 1.54) is 0 Å². The minimum atomic E-state index is 0.837. The maximum Gasteiger partial charge on any atom is 0.187 e. The Balaban J connectivity index is 1.32. The fourth-order valence-electron chi connectivity index (χ4n) is 2.72. The molecule has 0 saturated carbocycles. The van der Waals surface area contributed by atoms with Crippen LogP contribution in [0.5, 0.6) is 0 Å².